The van der Waals surface area contributed by atoms with Crippen LogP contribution in [0.25, 0.3) is 0 Å². The summed E-state index contributed by atoms with van der Waals surface area (Å²) in [6.07, 6.45) is 6.07. The minimum absolute atomic E-state index is 0.144. The van der Waals surface area contributed by atoms with Gasteiger partial charge in [-0.15, -0.1) is 0 Å². The van der Waals surface area contributed by atoms with Gasteiger partial charge in [0.05, 0.1) is 12.2 Å². The molecule has 3 rings (SSSR count). The number of piperidine rings is 1. The van der Waals surface area contributed by atoms with Crippen molar-refractivity contribution in [1.29, 1.82) is 0 Å². The second-order valence-corrected chi connectivity index (χ2v) is 6.65. The summed E-state index contributed by atoms with van der Waals surface area (Å²) in [4.78, 5) is 2.46. The zero-order valence-electron chi connectivity index (χ0n) is 12.7. The summed E-state index contributed by atoms with van der Waals surface area (Å²) in [5.41, 5.74) is 1.04. The summed E-state index contributed by atoms with van der Waals surface area (Å²) >= 11 is 0. The van der Waals surface area contributed by atoms with Gasteiger partial charge in [-0.1, -0.05) is 43.2 Å². The molecule has 0 amide bonds. The van der Waals surface area contributed by atoms with E-state index in [9.17, 15) is 10.2 Å². The molecule has 3 nitrogen and oxygen atoms in total. The molecule has 0 radical (unpaired) electrons. The summed E-state index contributed by atoms with van der Waals surface area (Å²) in [6.45, 7) is 2.02. The molecule has 1 aromatic rings. The molecule has 1 aliphatic carbocycles. The van der Waals surface area contributed by atoms with E-state index in [1.807, 2.05) is 30.3 Å². The van der Waals surface area contributed by atoms with E-state index in [-0.39, 0.29) is 12.2 Å². The quantitative estimate of drug-likeness (QED) is 0.899. The molecule has 1 saturated heterocycles. The van der Waals surface area contributed by atoms with E-state index in [4.69, 9.17) is 0 Å². The molecule has 2 fully saturated rings. The molecule has 21 heavy (non-hydrogen) atoms. The monoisotopic (exact) mass is 289 g/mol. The average Bonchev–Trinajstić information content (AvgIpc) is 2.56. The zero-order valence-corrected chi connectivity index (χ0v) is 12.7. The summed E-state index contributed by atoms with van der Waals surface area (Å²) in [7, 11) is 0. The topological polar surface area (TPSA) is 43.7 Å². The fraction of sp³-hybridized carbons (Fsp3) is 0.667. The van der Waals surface area contributed by atoms with E-state index in [2.05, 4.69) is 4.90 Å². The van der Waals surface area contributed by atoms with Crippen molar-refractivity contribution in [1.82, 2.24) is 4.90 Å². The van der Waals surface area contributed by atoms with E-state index in [1.54, 1.807) is 0 Å². The van der Waals surface area contributed by atoms with Crippen LogP contribution in [0.4, 0.5) is 0 Å². The third-order valence-electron chi connectivity index (χ3n) is 5.32. The van der Waals surface area contributed by atoms with Crippen LogP contribution < -0.4 is 0 Å². The van der Waals surface area contributed by atoms with Crippen LogP contribution in [0, 0.1) is 5.92 Å². The Morgan fingerprint density at radius 1 is 0.952 bits per heavy atom. The Bertz CT molecular complexity index is 428. The SMILES string of the molecule is OC1CCCCC1N1CCC(C(O)c2ccccc2)CC1. The molecule has 1 heterocycles. The van der Waals surface area contributed by atoms with Gasteiger partial charge < -0.3 is 10.2 Å². The minimum atomic E-state index is -0.343. The first-order valence-electron chi connectivity index (χ1n) is 8.41. The number of nitrogens with zero attached hydrogens (tertiary/aromatic N) is 1. The number of hydrogen-bond donors (Lipinski definition) is 2. The van der Waals surface area contributed by atoms with Gasteiger partial charge in [0.1, 0.15) is 0 Å². The molecule has 3 unspecified atom stereocenters. The Labute approximate surface area is 127 Å². The maximum Gasteiger partial charge on any atom is 0.0819 e. The van der Waals surface area contributed by atoms with Gasteiger partial charge >= 0.3 is 0 Å². The number of likely N-dealkylation sites (tertiary alicyclic amines) is 1. The van der Waals surface area contributed by atoms with Crippen LogP contribution in [0.3, 0.4) is 0 Å². The van der Waals surface area contributed by atoms with Crippen LogP contribution in [0.2, 0.25) is 0 Å². The number of aliphatic hydroxyl groups excluding tert-OH is 2. The number of hydrogen-bond acceptors (Lipinski definition) is 3. The minimum Gasteiger partial charge on any atom is -0.391 e. The average molecular weight is 289 g/mol. The third-order valence-corrected chi connectivity index (χ3v) is 5.32. The summed E-state index contributed by atoms with van der Waals surface area (Å²) in [5, 5.41) is 20.7. The Morgan fingerprint density at radius 3 is 2.29 bits per heavy atom. The van der Waals surface area contributed by atoms with Gasteiger partial charge in [0, 0.05) is 6.04 Å². The normalized spacial score (nSPS) is 30.2. The van der Waals surface area contributed by atoms with Gasteiger partial charge in [0.2, 0.25) is 0 Å². The lowest BCUT2D eigenvalue weighted by atomic mass is 9.85. The van der Waals surface area contributed by atoms with E-state index < -0.39 is 0 Å². The molecule has 1 aliphatic heterocycles. The van der Waals surface area contributed by atoms with Crippen LogP contribution in [-0.4, -0.2) is 40.3 Å². The highest BCUT2D eigenvalue weighted by atomic mass is 16.3. The highest BCUT2D eigenvalue weighted by Gasteiger charge is 2.33. The van der Waals surface area contributed by atoms with Crippen LogP contribution in [0.1, 0.15) is 50.2 Å². The van der Waals surface area contributed by atoms with Gasteiger partial charge in [-0.25, -0.2) is 0 Å². The van der Waals surface area contributed by atoms with Crippen molar-refractivity contribution in [3.63, 3.8) is 0 Å². The molecule has 0 bridgehead atoms. The van der Waals surface area contributed by atoms with E-state index in [0.717, 1.165) is 44.3 Å². The molecule has 3 heteroatoms. The Hall–Kier alpha value is -0.900. The predicted molar refractivity (Wildman–Crippen MR) is 84.0 cm³/mol. The largest absolute Gasteiger partial charge is 0.391 e. The molecular weight excluding hydrogens is 262 g/mol. The van der Waals surface area contributed by atoms with Gasteiger partial charge in [-0.05, 0) is 50.3 Å². The van der Waals surface area contributed by atoms with Crippen molar-refractivity contribution < 1.29 is 10.2 Å². The van der Waals surface area contributed by atoms with Gasteiger partial charge in [0.25, 0.3) is 0 Å². The molecule has 1 saturated carbocycles. The zero-order chi connectivity index (χ0) is 14.7. The Kier molecular flexibility index (Phi) is 4.94. The second kappa shape index (κ2) is 6.91. The Balaban J connectivity index is 1.55. The van der Waals surface area contributed by atoms with Crippen molar-refractivity contribution >= 4 is 0 Å². The lowest BCUT2D eigenvalue weighted by Crippen LogP contribution is -2.49. The molecule has 116 valence electrons. The first-order chi connectivity index (χ1) is 10.3. The highest BCUT2D eigenvalue weighted by Crippen LogP contribution is 2.33. The molecule has 1 aromatic carbocycles. The van der Waals surface area contributed by atoms with Crippen molar-refractivity contribution in [3.8, 4) is 0 Å². The van der Waals surface area contributed by atoms with Crippen molar-refractivity contribution in [3.05, 3.63) is 35.9 Å². The molecule has 0 aromatic heterocycles. The summed E-state index contributed by atoms with van der Waals surface area (Å²) in [6, 6.07) is 10.4. The summed E-state index contributed by atoms with van der Waals surface area (Å²) < 4.78 is 0. The second-order valence-electron chi connectivity index (χ2n) is 6.65. The maximum absolute atomic E-state index is 10.5. The molecule has 2 aliphatic rings. The smallest absolute Gasteiger partial charge is 0.0819 e. The maximum atomic E-state index is 10.5. The third kappa shape index (κ3) is 3.47. The molecular formula is C18H27NO2. The van der Waals surface area contributed by atoms with Crippen molar-refractivity contribution in [2.75, 3.05) is 13.1 Å². The predicted octanol–water partition coefficient (Wildman–Crippen LogP) is 2.74. The van der Waals surface area contributed by atoms with Crippen molar-refractivity contribution in [2.45, 2.75) is 56.8 Å². The van der Waals surface area contributed by atoms with Crippen LogP contribution in [-0.2, 0) is 0 Å². The van der Waals surface area contributed by atoms with Crippen LogP contribution in [0.15, 0.2) is 30.3 Å². The molecule has 0 spiro atoms. The Morgan fingerprint density at radius 2 is 1.62 bits per heavy atom. The fourth-order valence-corrected chi connectivity index (χ4v) is 4.01. The number of benzene rings is 1. The fourth-order valence-electron chi connectivity index (χ4n) is 4.01. The van der Waals surface area contributed by atoms with Crippen LogP contribution >= 0.6 is 0 Å². The van der Waals surface area contributed by atoms with Crippen molar-refractivity contribution in [2.24, 2.45) is 5.92 Å². The van der Waals surface area contributed by atoms with Crippen LogP contribution in [0.5, 0.6) is 0 Å². The first-order valence-corrected chi connectivity index (χ1v) is 8.41. The van der Waals surface area contributed by atoms with E-state index >= 15 is 0 Å². The van der Waals surface area contributed by atoms with Gasteiger partial charge in [0.15, 0.2) is 0 Å². The van der Waals surface area contributed by atoms with E-state index in [1.165, 1.54) is 12.8 Å². The highest BCUT2D eigenvalue weighted by molar-refractivity contribution is 5.18. The first kappa shape index (κ1) is 15.0. The van der Waals surface area contributed by atoms with Gasteiger partial charge in [-0.3, -0.25) is 4.90 Å². The number of rotatable bonds is 3. The molecule has 2 N–H and O–H groups in total. The molecule has 3 atom stereocenters. The lowest BCUT2D eigenvalue weighted by Gasteiger charge is -2.42. The summed E-state index contributed by atoms with van der Waals surface area (Å²) in [5.74, 6) is 0.351. The van der Waals surface area contributed by atoms with Gasteiger partial charge in [-0.2, -0.15) is 0 Å². The van der Waals surface area contributed by atoms with E-state index in [0.29, 0.717) is 12.0 Å². The number of aliphatic hydroxyl groups is 2. The lowest BCUT2D eigenvalue weighted by molar-refractivity contribution is -0.0128. The standard InChI is InChI=1S/C18H27NO2/c20-17-9-5-4-8-16(17)19-12-10-15(11-13-19)18(21)14-6-2-1-3-7-14/h1-3,6-7,15-18,20-21H,4-5,8-13H2.